The molecule has 1 heterocycles. The lowest BCUT2D eigenvalue weighted by molar-refractivity contribution is -0.384. The third kappa shape index (κ3) is 3.47. The summed E-state index contributed by atoms with van der Waals surface area (Å²) in [6, 6.07) is 5.23. The van der Waals surface area contributed by atoms with Crippen LogP contribution in [0.15, 0.2) is 41.8 Å². The van der Waals surface area contributed by atoms with Gasteiger partial charge in [0.1, 0.15) is 5.75 Å². The third-order valence-electron chi connectivity index (χ3n) is 2.72. The Labute approximate surface area is 125 Å². The van der Waals surface area contributed by atoms with E-state index in [0.29, 0.717) is 0 Å². The van der Waals surface area contributed by atoms with Gasteiger partial charge < -0.3 is 9.88 Å². The number of hydrogen-bond acceptors (Lipinski definition) is 6. The molecule has 1 N–H and O–H groups in total. The first-order valence-corrected chi connectivity index (χ1v) is 7.69. The van der Waals surface area contributed by atoms with Gasteiger partial charge in [0.25, 0.3) is 5.69 Å². The first kappa shape index (κ1) is 15.6. The standard InChI is InChI=1S/C12H12N4O5S/c1-15-6-5-13-12(15)22(20,21)8-11(17)14-9-3-2-4-10(7-9)16(18)19/h2-7H,8H2,1H3,(H,14,17). The lowest BCUT2D eigenvalue weighted by Gasteiger charge is -2.06. The first-order valence-electron chi connectivity index (χ1n) is 6.04. The average molecular weight is 324 g/mol. The van der Waals surface area contributed by atoms with E-state index in [2.05, 4.69) is 10.3 Å². The molecule has 0 saturated heterocycles. The van der Waals surface area contributed by atoms with E-state index in [1.54, 1.807) is 0 Å². The number of amides is 1. The monoisotopic (exact) mass is 324 g/mol. The molecule has 0 radical (unpaired) electrons. The highest BCUT2D eigenvalue weighted by Crippen LogP contribution is 2.17. The van der Waals surface area contributed by atoms with E-state index in [1.165, 1.54) is 42.2 Å². The van der Waals surface area contributed by atoms with Gasteiger partial charge in [-0.05, 0) is 6.07 Å². The fourth-order valence-electron chi connectivity index (χ4n) is 1.78. The highest BCUT2D eigenvalue weighted by atomic mass is 32.2. The van der Waals surface area contributed by atoms with Crippen LogP contribution >= 0.6 is 0 Å². The topological polar surface area (TPSA) is 124 Å². The van der Waals surface area contributed by atoms with Gasteiger partial charge in [-0.3, -0.25) is 14.9 Å². The van der Waals surface area contributed by atoms with Crippen molar-refractivity contribution in [1.82, 2.24) is 9.55 Å². The molecule has 0 aliphatic heterocycles. The summed E-state index contributed by atoms with van der Waals surface area (Å²) in [5.41, 5.74) is -0.0565. The molecule has 0 aliphatic carbocycles. The molecule has 0 bridgehead atoms. The molecule has 2 aromatic rings. The number of imidazole rings is 1. The van der Waals surface area contributed by atoms with Crippen LogP contribution in [0.5, 0.6) is 0 Å². The van der Waals surface area contributed by atoms with Gasteiger partial charge in [-0.25, -0.2) is 13.4 Å². The Bertz CT molecular complexity index is 828. The van der Waals surface area contributed by atoms with Gasteiger partial charge in [0.05, 0.1) is 4.92 Å². The summed E-state index contributed by atoms with van der Waals surface area (Å²) in [6.45, 7) is 0. The summed E-state index contributed by atoms with van der Waals surface area (Å²) < 4.78 is 25.4. The number of nitro benzene ring substituents is 1. The van der Waals surface area contributed by atoms with Crippen molar-refractivity contribution < 1.29 is 18.1 Å². The second-order valence-corrected chi connectivity index (χ2v) is 6.32. The average Bonchev–Trinajstić information content (AvgIpc) is 2.85. The molecule has 22 heavy (non-hydrogen) atoms. The van der Waals surface area contributed by atoms with Crippen LogP contribution in [0.2, 0.25) is 0 Å². The lowest BCUT2D eigenvalue weighted by Crippen LogP contribution is -2.24. The van der Waals surface area contributed by atoms with Gasteiger partial charge in [-0.1, -0.05) is 6.07 Å². The number of nitrogens with zero attached hydrogens (tertiary/aromatic N) is 3. The molecule has 116 valence electrons. The van der Waals surface area contributed by atoms with Gasteiger partial charge >= 0.3 is 0 Å². The van der Waals surface area contributed by atoms with Crippen LogP contribution in [0, 0.1) is 10.1 Å². The maximum Gasteiger partial charge on any atom is 0.271 e. The van der Waals surface area contributed by atoms with Crippen molar-refractivity contribution in [2.45, 2.75) is 5.16 Å². The summed E-state index contributed by atoms with van der Waals surface area (Å²) in [7, 11) is -2.39. The number of nitrogens with one attached hydrogen (secondary N) is 1. The van der Waals surface area contributed by atoms with Crippen molar-refractivity contribution in [3.05, 3.63) is 46.8 Å². The fourth-order valence-corrected chi connectivity index (χ4v) is 3.05. The Hall–Kier alpha value is -2.75. The number of hydrogen-bond donors (Lipinski definition) is 1. The molecular weight excluding hydrogens is 312 g/mol. The SMILES string of the molecule is Cn1ccnc1S(=O)(=O)CC(=O)Nc1cccc([N+](=O)[O-])c1. The van der Waals surface area contributed by atoms with Crippen LogP contribution in [0.1, 0.15) is 0 Å². The zero-order valence-electron chi connectivity index (χ0n) is 11.5. The number of anilines is 1. The number of aromatic nitrogens is 2. The molecule has 0 fully saturated rings. The van der Waals surface area contributed by atoms with Crippen molar-refractivity contribution in [3.63, 3.8) is 0 Å². The minimum atomic E-state index is -3.89. The van der Waals surface area contributed by atoms with E-state index >= 15 is 0 Å². The van der Waals surface area contributed by atoms with E-state index in [-0.39, 0.29) is 16.5 Å². The lowest BCUT2D eigenvalue weighted by atomic mass is 10.3. The van der Waals surface area contributed by atoms with Crippen LogP contribution in [-0.4, -0.2) is 34.6 Å². The number of sulfone groups is 1. The molecule has 0 atom stereocenters. The highest BCUT2D eigenvalue weighted by molar-refractivity contribution is 7.92. The molecule has 0 saturated carbocycles. The van der Waals surface area contributed by atoms with Gasteiger partial charge in [0.2, 0.25) is 20.9 Å². The number of carbonyl (C=O) groups excluding carboxylic acids is 1. The molecule has 2 rings (SSSR count). The number of aryl methyl sites for hydroxylation is 1. The zero-order valence-corrected chi connectivity index (χ0v) is 12.3. The summed E-state index contributed by atoms with van der Waals surface area (Å²) >= 11 is 0. The molecule has 1 aromatic carbocycles. The molecular formula is C12H12N4O5S. The first-order chi connectivity index (χ1) is 10.3. The van der Waals surface area contributed by atoms with Gasteiger partial charge in [-0.15, -0.1) is 0 Å². The number of non-ortho nitro benzene ring substituents is 1. The van der Waals surface area contributed by atoms with Gasteiger partial charge in [0.15, 0.2) is 0 Å². The third-order valence-corrected chi connectivity index (χ3v) is 4.31. The zero-order chi connectivity index (χ0) is 16.3. The Morgan fingerprint density at radius 3 is 2.77 bits per heavy atom. The molecule has 1 amide bonds. The Kier molecular flexibility index (Phi) is 4.22. The maximum absolute atomic E-state index is 12.0. The predicted octanol–water partition coefficient (Wildman–Crippen LogP) is 0.741. The van der Waals surface area contributed by atoms with E-state index in [0.717, 1.165) is 6.07 Å². The van der Waals surface area contributed by atoms with E-state index in [9.17, 15) is 23.3 Å². The number of nitro groups is 1. The van der Waals surface area contributed by atoms with E-state index in [4.69, 9.17) is 0 Å². The van der Waals surface area contributed by atoms with Crippen molar-refractivity contribution >= 4 is 27.1 Å². The Morgan fingerprint density at radius 1 is 1.45 bits per heavy atom. The second kappa shape index (κ2) is 5.93. The van der Waals surface area contributed by atoms with Crippen molar-refractivity contribution in [3.8, 4) is 0 Å². The number of rotatable bonds is 5. The predicted molar refractivity (Wildman–Crippen MR) is 77.0 cm³/mol. The van der Waals surface area contributed by atoms with E-state index < -0.39 is 26.4 Å². The fraction of sp³-hybridized carbons (Fsp3) is 0.167. The van der Waals surface area contributed by atoms with Gasteiger partial charge in [-0.2, -0.15) is 0 Å². The molecule has 1 aromatic heterocycles. The highest BCUT2D eigenvalue weighted by Gasteiger charge is 2.23. The van der Waals surface area contributed by atoms with E-state index in [1.807, 2.05) is 0 Å². The summed E-state index contributed by atoms with van der Waals surface area (Å²) in [6.07, 6.45) is 2.76. The van der Waals surface area contributed by atoms with Crippen LogP contribution in [0.3, 0.4) is 0 Å². The van der Waals surface area contributed by atoms with Crippen molar-refractivity contribution in [2.24, 2.45) is 7.05 Å². The maximum atomic E-state index is 12.0. The Balaban J connectivity index is 2.12. The molecule has 9 nitrogen and oxygen atoms in total. The normalized spacial score (nSPS) is 11.1. The molecule has 0 aliphatic rings. The number of carbonyl (C=O) groups is 1. The number of benzene rings is 1. The Morgan fingerprint density at radius 2 is 2.18 bits per heavy atom. The largest absolute Gasteiger partial charge is 0.325 e. The molecule has 10 heteroatoms. The molecule has 0 unspecified atom stereocenters. The minimum Gasteiger partial charge on any atom is -0.325 e. The quantitative estimate of drug-likeness (QED) is 0.639. The summed E-state index contributed by atoms with van der Waals surface area (Å²) in [5.74, 6) is -1.61. The minimum absolute atomic E-state index is 0.147. The van der Waals surface area contributed by atoms with Crippen LogP contribution in [-0.2, 0) is 21.7 Å². The van der Waals surface area contributed by atoms with Crippen LogP contribution in [0.25, 0.3) is 0 Å². The van der Waals surface area contributed by atoms with Crippen LogP contribution in [0.4, 0.5) is 11.4 Å². The second-order valence-electron chi connectivity index (χ2n) is 4.44. The van der Waals surface area contributed by atoms with Gasteiger partial charge in [0, 0.05) is 37.3 Å². The van der Waals surface area contributed by atoms with Crippen LogP contribution < -0.4 is 5.32 Å². The summed E-state index contributed by atoms with van der Waals surface area (Å²) in [5, 5.41) is 12.7. The smallest absolute Gasteiger partial charge is 0.271 e. The summed E-state index contributed by atoms with van der Waals surface area (Å²) in [4.78, 5) is 25.5. The van der Waals surface area contributed by atoms with Crippen molar-refractivity contribution in [2.75, 3.05) is 11.1 Å². The molecule has 0 spiro atoms. The van der Waals surface area contributed by atoms with Crippen molar-refractivity contribution in [1.29, 1.82) is 0 Å².